The van der Waals surface area contributed by atoms with Gasteiger partial charge in [-0.25, -0.2) is 4.63 Å². The van der Waals surface area contributed by atoms with Gasteiger partial charge in [0.05, 0.1) is 7.11 Å². The fourth-order valence-corrected chi connectivity index (χ4v) is 3.07. The van der Waals surface area contributed by atoms with Gasteiger partial charge in [-0.15, -0.1) is 0 Å². The monoisotopic (exact) mass is 359 g/mol. The van der Waals surface area contributed by atoms with Crippen LogP contribution in [0, 0.1) is 6.92 Å². The quantitative estimate of drug-likeness (QED) is 0.582. The van der Waals surface area contributed by atoms with Gasteiger partial charge in [-0.1, -0.05) is 36.4 Å². The van der Waals surface area contributed by atoms with Crippen LogP contribution < -0.4 is 10.1 Å². The van der Waals surface area contributed by atoms with Gasteiger partial charge in [0.25, 0.3) is 5.91 Å². The predicted molar refractivity (Wildman–Crippen MR) is 103 cm³/mol. The minimum atomic E-state index is -0.269. The third-order valence-electron chi connectivity index (χ3n) is 4.44. The van der Waals surface area contributed by atoms with Crippen molar-refractivity contribution in [3.05, 3.63) is 71.8 Å². The summed E-state index contributed by atoms with van der Waals surface area (Å²) in [5, 5.41) is 12.5. The molecule has 0 radical (unpaired) electrons. The molecule has 0 bridgehead atoms. The molecular formula is C21H17N3O3. The van der Waals surface area contributed by atoms with Gasteiger partial charge in [0.1, 0.15) is 5.75 Å². The second-order valence-electron chi connectivity index (χ2n) is 6.12. The van der Waals surface area contributed by atoms with E-state index < -0.39 is 0 Å². The summed E-state index contributed by atoms with van der Waals surface area (Å²) in [6.45, 7) is 1.93. The third kappa shape index (κ3) is 3.13. The molecule has 0 saturated carbocycles. The van der Waals surface area contributed by atoms with Gasteiger partial charge >= 0.3 is 0 Å². The highest BCUT2D eigenvalue weighted by Crippen LogP contribution is 2.30. The van der Waals surface area contributed by atoms with Crippen LogP contribution in [0.5, 0.6) is 5.75 Å². The van der Waals surface area contributed by atoms with E-state index in [1.54, 1.807) is 13.2 Å². The van der Waals surface area contributed by atoms with E-state index in [9.17, 15) is 4.79 Å². The number of aromatic nitrogens is 2. The fourth-order valence-electron chi connectivity index (χ4n) is 3.07. The number of amides is 1. The second kappa shape index (κ2) is 6.92. The highest BCUT2D eigenvalue weighted by atomic mass is 16.6. The van der Waals surface area contributed by atoms with Gasteiger partial charge in [0.15, 0.2) is 5.69 Å². The highest BCUT2D eigenvalue weighted by molar-refractivity contribution is 6.13. The van der Waals surface area contributed by atoms with Crippen LogP contribution >= 0.6 is 0 Å². The molecule has 1 aromatic heterocycles. The Kier molecular flexibility index (Phi) is 4.30. The average molecular weight is 359 g/mol. The average Bonchev–Trinajstić information content (AvgIpc) is 3.15. The summed E-state index contributed by atoms with van der Waals surface area (Å²) < 4.78 is 10.1. The Labute approximate surface area is 155 Å². The SMILES string of the molecule is COc1ccc(-c2nonc2NC(=O)c2cccc3ccccc23)c(C)c1. The lowest BCUT2D eigenvalue weighted by atomic mass is 10.0. The summed E-state index contributed by atoms with van der Waals surface area (Å²) in [6, 6.07) is 18.9. The van der Waals surface area contributed by atoms with Crippen LogP contribution in [0.1, 0.15) is 15.9 Å². The van der Waals surface area contributed by atoms with Crippen molar-refractivity contribution in [3.8, 4) is 17.0 Å². The van der Waals surface area contributed by atoms with E-state index in [0.29, 0.717) is 11.3 Å². The van der Waals surface area contributed by atoms with E-state index in [1.807, 2.05) is 61.5 Å². The zero-order valence-electron chi connectivity index (χ0n) is 14.9. The first-order chi connectivity index (χ1) is 13.2. The Hall–Kier alpha value is -3.67. The van der Waals surface area contributed by atoms with Crippen LogP contribution in [-0.4, -0.2) is 23.3 Å². The number of anilines is 1. The molecular weight excluding hydrogens is 342 g/mol. The number of fused-ring (bicyclic) bond motifs is 1. The van der Waals surface area contributed by atoms with Crippen LogP contribution in [0.25, 0.3) is 22.0 Å². The minimum absolute atomic E-state index is 0.269. The summed E-state index contributed by atoms with van der Waals surface area (Å²) >= 11 is 0. The number of ether oxygens (including phenoxy) is 1. The van der Waals surface area contributed by atoms with Crippen LogP contribution in [0.3, 0.4) is 0 Å². The first-order valence-electron chi connectivity index (χ1n) is 8.44. The van der Waals surface area contributed by atoms with E-state index in [-0.39, 0.29) is 11.7 Å². The predicted octanol–water partition coefficient (Wildman–Crippen LogP) is 4.46. The van der Waals surface area contributed by atoms with Crippen molar-refractivity contribution in [3.63, 3.8) is 0 Å². The van der Waals surface area contributed by atoms with Crippen LogP contribution in [-0.2, 0) is 0 Å². The molecule has 0 fully saturated rings. The van der Waals surface area contributed by atoms with Crippen molar-refractivity contribution in [2.75, 3.05) is 12.4 Å². The molecule has 0 aliphatic heterocycles. The van der Waals surface area contributed by atoms with Crippen molar-refractivity contribution in [1.29, 1.82) is 0 Å². The highest BCUT2D eigenvalue weighted by Gasteiger charge is 2.19. The number of carbonyl (C=O) groups is 1. The normalized spacial score (nSPS) is 10.7. The zero-order valence-corrected chi connectivity index (χ0v) is 14.9. The van der Waals surface area contributed by atoms with Gasteiger partial charge < -0.3 is 10.1 Å². The molecule has 6 nitrogen and oxygen atoms in total. The maximum atomic E-state index is 12.9. The summed E-state index contributed by atoms with van der Waals surface area (Å²) in [4.78, 5) is 12.9. The van der Waals surface area contributed by atoms with Crippen molar-refractivity contribution >= 4 is 22.5 Å². The first kappa shape index (κ1) is 16.8. The molecule has 0 spiro atoms. The lowest BCUT2D eigenvalue weighted by Gasteiger charge is -2.08. The van der Waals surface area contributed by atoms with E-state index in [4.69, 9.17) is 9.37 Å². The molecule has 1 heterocycles. The smallest absolute Gasteiger partial charge is 0.257 e. The van der Waals surface area contributed by atoms with Gasteiger partial charge in [0, 0.05) is 11.1 Å². The van der Waals surface area contributed by atoms with Crippen molar-refractivity contribution in [1.82, 2.24) is 10.3 Å². The number of nitrogens with one attached hydrogen (secondary N) is 1. The number of hydrogen-bond donors (Lipinski definition) is 1. The molecule has 3 aromatic carbocycles. The maximum Gasteiger partial charge on any atom is 0.257 e. The number of hydrogen-bond acceptors (Lipinski definition) is 5. The molecule has 1 amide bonds. The Balaban J connectivity index is 1.68. The third-order valence-corrected chi connectivity index (χ3v) is 4.44. The van der Waals surface area contributed by atoms with E-state index in [2.05, 4.69) is 15.6 Å². The molecule has 0 aliphatic carbocycles. The molecule has 0 aliphatic rings. The number of methoxy groups -OCH3 is 1. The van der Waals surface area contributed by atoms with Crippen molar-refractivity contribution in [2.45, 2.75) is 6.92 Å². The second-order valence-corrected chi connectivity index (χ2v) is 6.12. The van der Waals surface area contributed by atoms with Gasteiger partial charge in [-0.2, -0.15) is 0 Å². The summed E-state index contributed by atoms with van der Waals surface area (Å²) in [5.74, 6) is 0.755. The largest absolute Gasteiger partial charge is 0.497 e. The molecule has 0 saturated heterocycles. The molecule has 0 unspecified atom stereocenters. The Morgan fingerprint density at radius 3 is 2.67 bits per heavy atom. The number of aryl methyl sites for hydroxylation is 1. The molecule has 0 atom stereocenters. The minimum Gasteiger partial charge on any atom is -0.497 e. The summed E-state index contributed by atoms with van der Waals surface area (Å²) in [6.07, 6.45) is 0. The van der Waals surface area contributed by atoms with Gasteiger partial charge in [-0.05, 0) is 57.8 Å². The molecule has 6 heteroatoms. The van der Waals surface area contributed by atoms with Crippen molar-refractivity contribution in [2.24, 2.45) is 0 Å². The first-order valence-corrected chi connectivity index (χ1v) is 8.44. The molecule has 1 N–H and O–H groups in total. The number of rotatable bonds is 4. The van der Waals surface area contributed by atoms with Crippen LogP contribution in [0.15, 0.2) is 65.3 Å². The summed E-state index contributed by atoms with van der Waals surface area (Å²) in [5.41, 5.74) is 2.79. The molecule has 4 rings (SSSR count). The van der Waals surface area contributed by atoms with Crippen molar-refractivity contribution < 1.29 is 14.2 Å². The van der Waals surface area contributed by atoms with E-state index in [0.717, 1.165) is 27.6 Å². The Bertz CT molecular complexity index is 1130. The molecule has 4 aromatic rings. The molecule has 134 valence electrons. The topological polar surface area (TPSA) is 77.2 Å². The van der Waals surface area contributed by atoms with E-state index in [1.165, 1.54) is 0 Å². The number of carbonyl (C=O) groups excluding carboxylic acids is 1. The molecule has 27 heavy (non-hydrogen) atoms. The maximum absolute atomic E-state index is 12.9. The number of nitrogens with zero attached hydrogens (tertiary/aromatic N) is 2. The Morgan fingerprint density at radius 1 is 1.04 bits per heavy atom. The van der Waals surface area contributed by atoms with Gasteiger partial charge in [0.2, 0.25) is 5.82 Å². The number of benzene rings is 3. The lowest BCUT2D eigenvalue weighted by molar-refractivity contribution is 0.102. The zero-order chi connectivity index (χ0) is 18.8. The summed E-state index contributed by atoms with van der Waals surface area (Å²) in [7, 11) is 1.61. The van der Waals surface area contributed by atoms with E-state index >= 15 is 0 Å². The Morgan fingerprint density at radius 2 is 1.85 bits per heavy atom. The standard InChI is InChI=1S/C21H17N3O3/c1-13-12-15(26-2)10-11-16(13)19-20(24-27-23-19)22-21(25)18-9-5-7-14-6-3-4-8-17(14)18/h3-12H,1-2H3,(H,22,24,25). The van der Waals surface area contributed by atoms with Gasteiger partial charge in [-0.3, -0.25) is 4.79 Å². The van der Waals surface area contributed by atoms with Crippen LogP contribution in [0.4, 0.5) is 5.82 Å². The fraction of sp³-hybridized carbons (Fsp3) is 0.0952. The lowest BCUT2D eigenvalue weighted by Crippen LogP contribution is -2.13. The van der Waals surface area contributed by atoms with Crippen LogP contribution in [0.2, 0.25) is 0 Å².